The van der Waals surface area contributed by atoms with E-state index in [0.717, 1.165) is 0 Å². The Kier molecular flexibility index (Phi) is 3.82. The van der Waals surface area contributed by atoms with Gasteiger partial charge in [-0.2, -0.15) is 0 Å². The standard InChI is InChI=1S/C18H25NO4/c1-10(20)5-4-6-12-14(21)7-13-16(23)9-17(3)8-15(22)11(2)19-18(12,13)17/h11-13,19H,4-9H2,1-3H3/t11?,12?,13?,17-,18?/m0/s1. The predicted molar refractivity (Wildman–Crippen MR) is 83.8 cm³/mol. The summed E-state index contributed by atoms with van der Waals surface area (Å²) in [4.78, 5) is 48.6. The summed E-state index contributed by atoms with van der Waals surface area (Å²) < 4.78 is 0. The van der Waals surface area contributed by atoms with E-state index in [9.17, 15) is 19.2 Å². The molecular weight excluding hydrogens is 294 g/mol. The zero-order chi connectivity index (χ0) is 17.0. The number of nitrogens with one attached hydrogen (secondary N) is 1. The number of rotatable bonds is 4. The fraction of sp³-hybridized carbons (Fsp3) is 0.778. The number of carbonyl (C=O) groups is 4. The molecule has 0 radical (unpaired) electrons. The first kappa shape index (κ1) is 16.5. The van der Waals surface area contributed by atoms with Crippen LogP contribution in [0.25, 0.3) is 0 Å². The highest BCUT2D eigenvalue weighted by molar-refractivity contribution is 6.00. The largest absolute Gasteiger partial charge is 0.300 e. The Morgan fingerprint density at radius 1 is 1.17 bits per heavy atom. The summed E-state index contributed by atoms with van der Waals surface area (Å²) in [6.45, 7) is 5.37. The van der Waals surface area contributed by atoms with E-state index < -0.39 is 11.0 Å². The molecule has 0 bridgehead atoms. The molecule has 1 N–H and O–H groups in total. The first-order valence-electron chi connectivity index (χ1n) is 8.56. The van der Waals surface area contributed by atoms with Crippen LogP contribution in [0.1, 0.15) is 59.3 Å². The highest BCUT2D eigenvalue weighted by Gasteiger charge is 2.71. The summed E-state index contributed by atoms with van der Waals surface area (Å²) in [6.07, 6.45) is 2.76. The second-order valence-electron chi connectivity index (χ2n) is 7.95. The molecule has 1 aliphatic heterocycles. The molecule has 23 heavy (non-hydrogen) atoms. The van der Waals surface area contributed by atoms with Crippen LogP contribution in [0.4, 0.5) is 0 Å². The van der Waals surface area contributed by atoms with Gasteiger partial charge in [0, 0.05) is 48.5 Å². The van der Waals surface area contributed by atoms with Gasteiger partial charge in [-0.25, -0.2) is 0 Å². The van der Waals surface area contributed by atoms with Crippen molar-refractivity contribution in [1.82, 2.24) is 5.32 Å². The van der Waals surface area contributed by atoms with Crippen molar-refractivity contribution >= 4 is 23.1 Å². The lowest BCUT2D eigenvalue weighted by Gasteiger charge is -2.52. The monoisotopic (exact) mass is 319 g/mol. The fourth-order valence-corrected chi connectivity index (χ4v) is 5.37. The van der Waals surface area contributed by atoms with Gasteiger partial charge < -0.3 is 10.1 Å². The fourth-order valence-electron chi connectivity index (χ4n) is 5.37. The third-order valence-corrected chi connectivity index (χ3v) is 6.37. The Labute approximate surface area is 136 Å². The number of hydrogen-bond donors (Lipinski definition) is 1. The molecule has 0 aromatic carbocycles. The molecule has 3 aliphatic rings. The number of piperidine rings is 1. The molecule has 1 saturated heterocycles. The van der Waals surface area contributed by atoms with Crippen LogP contribution in [0.3, 0.4) is 0 Å². The van der Waals surface area contributed by atoms with Gasteiger partial charge in [-0.3, -0.25) is 14.4 Å². The van der Waals surface area contributed by atoms with Crippen LogP contribution < -0.4 is 5.32 Å². The Bertz CT molecular complexity index is 598. The molecular formula is C18H25NO4. The molecule has 3 rings (SSSR count). The Hall–Kier alpha value is -1.36. The van der Waals surface area contributed by atoms with Crippen molar-refractivity contribution in [3.05, 3.63) is 0 Å². The van der Waals surface area contributed by atoms with Crippen LogP contribution in [-0.2, 0) is 19.2 Å². The molecule has 2 aliphatic carbocycles. The van der Waals surface area contributed by atoms with Gasteiger partial charge in [0.2, 0.25) is 0 Å². The molecule has 5 nitrogen and oxygen atoms in total. The van der Waals surface area contributed by atoms with Crippen LogP contribution >= 0.6 is 0 Å². The van der Waals surface area contributed by atoms with Crippen molar-refractivity contribution in [3.63, 3.8) is 0 Å². The van der Waals surface area contributed by atoms with Crippen LogP contribution in [0.5, 0.6) is 0 Å². The van der Waals surface area contributed by atoms with E-state index in [1.165, 1.54) is 0 Å². The van der Waals surface area contributed by atoms with Crippen molar-refractivity contribution < 1.29 is 19.2 Å². The van der Waals surface area contributed by atoms with E-state index in [1.807, 2.05) is 13.8 Å². The summed E-state index contributed by atoms with van der Waals surface area (Å²) in [5, 5.41) is 3.42. The van der Waals surface area contributed by atoms with Crippen LogP contribution in [0, 0.1) is 17.3 Å². The van der Waals surface area contributed by atoms with Gasteiger partial charge in [0.1, 0.15) is 23.1 Å². The van der Waals surface area contributed by atoms with Gasteiger partial charge in [-0.15, -0.1) is 0 Å². The molecule has 0 aromatic rings. The maximum Gasteiger partial charge on any atom is 0.150 e. The first-order chi connectivity index (χ1) is 10.7. The summed E-state index contributed by atoms with van der Waals surface area (Å²) in [7, 11) is 0. The lowest BCUT2D eigenvalue weighted by Crippen LogP contribution is -2.68. The van der Waals surface area contributed by atoms with Crippen molar-refractivity contribution in [2.45, 2.75) is 70.9 Å². The second-order valence-corrected chi connectivity index (χ2v) is 7.95. The summed E-state index contributed by atoms with van der Waals surface area (Å²) >= 11 is 0. The maximum atomic E-state index is 12.6. The van der Waals surface area contributed by atoms with E-state index in [4.69, 9.17) is 0 Å². The molecule has 1 spiro atoms. The quantitative estimate of drug-likeness (QED) is 0.851. The van der Waals surface area contributed by atoms with Crippen LogP contribution in [-0.4, -0.2) is 34.7 Å². The molecule has 0 amide bonds. The third kappa shape index (κ3) is 2.24. The molecule has 126 valence electrons. The average Bonchev–Trinajstić information content (AvgIpc) is 2.82. The van der Waals surface area contributed by atoms with Crippen molar-refractivity contribution in [3.8, 4) is 0 Å². The Morgan fingerprint density at radius 3 is 2.48 bits per heavy atom. The van der Waals surface area contributed by atoms with Crippen LogP contribution in [0.2, 0.25) is 0 Å². The minimum absolute atomic E-state index is 0.115. The number of carbonyl (C=O) groups excluding carboxylic acids is 4. The van der Waals surface area contributed by atoms with Gasteiger partial charge in [-0.1, -0.05) is 6.92 Å². The highest BCUT2D eigenvalue weighted by Crippen LogP contribution is 2.61. The van der Waals surface area contributed by atoms with Crippen molar-refractivity contribution in [2.75, 3.05) is 0 Å². The zero-order valence-corrected chi connectivity index (χ0v) is 14.1. The van der Waals surface area contributed by atoms with Crippen molar-refractivity contribution in [1.29, 1.82) is 0 Å². The van der Waals surface area contributed by atoms with Crippen molar-refractivity contribution in [2.24, 2.45) is 17.3 Å². The van der Waals surface area contributed by atoms with Gasteiger partial charge >= 0.3 is 0 Å². The zero-order valence-electron chi connectivity index (χ0n) is 14.1. The van der Waals surface area contributed by atoms with Crippen LogP contribution in [0.15, 0.2) is 0 Å². The topological polar surface area (TPSA) is 80.3 Å². The molecule has 0 aromatic heterocycles. The number of hydrogen-bond acceptors (Lipinski definition) is 5. The molecule has 1 heterocycles. The number of Topliss-reactive ketones (excluding diaryl/α,β-unsaturated/α-hetero) is 4. The lowest BCUT2D eigenvalue weighted by atomic mass is 9.60. The number of ketones is 4. The lowest BCUT2D eigenvalue weighted by molar-refractivity contribution is -0.134. The molecule has 3 fully saturated rings. The van der Waals surface area contributed by atoms with Gasteiger partial charge in [0.05, 0.1) is 6.04 Å². The van der Waals surface area contributed by atoms with E-state index in [2.05, 4.69) is 5.32 Å². The third-order valence-electron chi connectivity index (χ3n) is 6.37. The van der Waals surface area contributed by atoms with Gasteiger partial charge in [0.25, 0.3) is 0 Å². The normalized spacial score (nSPS) is 42.7. The van der Waals surface area contributed by atoms with Gasteiger partial charge in [0.15, 0.2) is 0 Å². The molecule has 4 unspecified atom stereocenters. The minimum Gasteiger partial charge on any atom is -0.300 e. The van der Waals surface area contributed by atoms with E-state index in [0.29, 0.717) is 32.1 Å². The molecule has 5 heteroatoms. The highest BCUT2D eigenvalue weighted by atomic mass is 16.1. The first-order valence-corrected chi connectivity index (χ1v) is 8.56. The SMILES string of the molecule is CC(=O)CCCC1C(=O)CC2C(=O)C[C@]3(C)CC(=O)C(C)NC123. The smallest absolute Gasteiger partial charge is 0.150 e. The van der Waals surface area contributed by atoms with E-state index in [-0.39, 0.29) is 47.4 Å². The molecule has 5 atom stereocenters. The average molecular weight is 319 g/mol. The predicted octanol–water partition coefficient (Wildman–Crippen LogP) is 1.62. The Balaban J connectivity index is 1.96. The summed E-state index contributed by atoms with van der Waals surface area (Å²) in [5.41, 5.74) is -1.07. The molecule has 2 saturated carbocycles. The van der Waals surface area contributed by atoms with Gasteiger partial charge in [-0.05, 0) is 26.7 Å². The Morgan fingerprint density at radius 2 is 1.83 bits per heavy atom. The second kappa shape index (κ2) is 5.33. The maximum absolute atomic E-state index is 12.6. The minimum atomic E-state index is -0.592. The van der Waals surface area contributed by atoms with E-state index in [1.54, 1.807) is 6.92 Å². The summed E-state index contributed by atoms with van der Waals surface area (Å²) in [5.74, 6) is -0.101. The van der Waals surface area contributed by atoms with E-state index >= 15 is 0 Å². The summed E-state index contributed by atoms with van der Waals surface area (Å²) in [6, 6.07) is -0.322.